The third-order valence-electron chi connectivity index (χ3n) is 4.27. The van der Waals surface area contributed by atoms with Crippen molar-refractivity contribution in [3.05, 3.63) is 69.6 Å². The van der Waals surface area contributed by atoms with Crippen LogP contribution in [0.25, 0.3) is 11.0 Å². The summed E-state index contributed by atoms with van der Waals surface area (Å²) in [5, 5.41) is 0.750. The van der Waals surface area contributed by atoms with Gasteiger partial charge in [0.05, 0.1) is 5.56 Å². The predicted octanol–water partition coefficient (Wildman–Crippen LogP) is 3.44. The third kappa shape index (κ3) is 3.01. The van der Waals surface area contributed by atoms with Crippen molar-refractivity contribution in [2.75, 3.05) is 6.79 Å². The molecule has 1 aliphatic heterocycles. The normalized spacial score (nSPS) is 12.3. The van der Waals surface area contributed by atoms with Crippen molar-refractivity contribution in [1.29, 1.82) is 0 Å². The molecule has 0 radical (unpaired) electrons. The summed E-state index contributed by atoms with van der Waals surface area (Å²) in [5.41, 5.74) is 2.05. The first-order valence-electron chi connectivity index (χ1n) is 8.26. The molecule has 2 aromatic carbocycles. The number of aryl methyl sites for hydroxylation is 1. The molecular formula is C20H16O6. The minimum atomic E-state index is -0.505. The van der Waals surface area contributed by atoms with Crippen LogP contribution in [0.5, 0.6) is 11.5 Å². The minimum Gasteiger partial charge on any atom is -0.457 e. The van der Waals surface area contributed by atoms with Crippen molar-refractivity contribution in [3.8, 4) is 11.5 Å². The van der Waals surface area contributed by atoms with Crippen LogP contribution >= 0.6 is 0 Å². The lowest BCUT2D eigenvalue weighted by Gasteiger charge is -2.08. The van der Waals surface area contributed by atoms with Gasteiger partial charge in [-0.1, -0.05) is 19.1 Å². The molecule has 0 amide bonds. The number of hydrogen-bond acceptors (Lipinski definition) is 6. The summed E-state index contributed by atoms with van der Waals surface area (Å²) >= 11 is 0. The van der Waals surface area contributed by atoms with Gasteiger partial charge in [-0.25, -0.2) is 9.59 Å². The maximum atomic E-state index is 12.3. The Hall–Kier alpha value is -3.28. The minimum absolute atomic E-state index is 0.0269. The maximum Gasteiger partial charge on any atom is 0.338 e. The van der Waals surface area contributed by atoms with Crippen LogP contribution in [0.4, 0.5) is 0 Å². The molecule has 0 unspecified atom stereocenters. The van der Waals surface area contributed by atoms with Crippen molar-refractivity contribution in [2.24, 2.45) is 0 Å². The van der Waals surface area contributed by atoms with Gasteiger partial charge in [0.15, 0.2) is 11.5 Å². The van der Waals surface area contributed by atoms with E-state index in [1.807, 2.05) is 25.1 Å². The molecule has 0 spiro atoms. The van der Waals surface area contributed by atoms with Gasteiger partial charge in [-0.05, 0) is 36.2 Å². The number of ether oxygens (including phenoxy) is 3. The second-order valence-electron chi connectivity index (χ2n) is 5.92. The van der Waals surface area contributed by atoms with E-state index >= 15 is 0 Å². The molecule has 6 heteroatoms. The topological polar surface area (TPSA) is 75.0 Å². The van der Waals surface area contributed by atoms with Crippen LogP contribution in [0.1, 0.15) is 28.4 Å². The molecule has 0 aliphatic carbocycles. The van der Waals surface area contributed by atoms with Gasteiger partial charge in [-0.15, -0.1) is 0 Å². The number of esters is 1. The van der Waals surface area contributed by atoms with Crippen LogP contribution in [-0.4, -0.2) is 12.8 Å². The van der Waals surface area contributed by atoms with Gasteiger partial charge in [0.25, 0.3) is 0 Å². The number of carbonyl (C=O) groups excluding carboxylic acids is 1. The van der Waals surface area contributed by atoms with Crippen molar-refractivity contribution in [3.63, 3.8) is 0 Å². The van der Waals surface area contributed by atoms with E-state index in [1.165, 1.54) is 6.07 Å². The van der Waals surface area contributed by atoms with Gasteiger partial charge < -0.3 is 18.6 Å². The van der Waals surface area contributed by atoms with E-state index in [9.17, 15) is 9.59 Å². The summed E-state index contributed by atoms with van der Waals surface area (Å²) in [6.07, 6.45) is 0.836. The fourth-order valence-corrected chi connectivity index (χ4v) is 2.86. The average molecular weight is 352 g/mol. The van der Waals surface area contributed by atoms with Gasteiger partial charge in [0, 0.05) is 17.0 Å². The lowest BCUT2D eigenvalue weighted by molar-refractivity contribution is 0.0473. The molecule has 2 heterocycles. The van der Waals surface area contributed by atoms with E-state index in [1.54, 1.807) is 18.2 Å². The molecule has 0 fully saturated rings. The van der Waals surface area contributed by atoms with Crippen molar-refractivity contribution >= 4 is 16.9 Å². The fourth-order valence-electron chi connectivity index (χ4n) is 2.86. The van der Waals surface area contributed by atoms with Crippen LogP contribution in [0, 0.1) is 0 Å². The van der Waals surface area contributed by atoms with Gasteiger partial charge in [0.1, 0.15) is 12.2 Å². The van der Waals surface area contributed by atoms with E-state index < -0.39 is 11.6 Å². The fraction of sp³-hybridized carbons (Fsp3) is 0.200. The molecule has 0 N–H and O–H groups in total. The second-order valence-corrected chi connectivity index (χ2v) is 5.92. The number of benzene rings is 2. The summed E-state index contributed by atoms with van der Waals surface area (Å²) in [6.45, 7) is 2.14. The summed E-state index contributed by atoms with van der Waals surface area (Å²) < 4.78 is 21.1. The molecule has 0 saturated heterocycles. The predicted molar refractivity (Wildman–Crippen MR) is 93.5 cm³/mol. The number of rotatable bonds is 4. The van der Waals surface area contributed by atoms with E-state index in [0.29, 0.717) is 28.2 Å². The first kappa shape index (κ1) is 16.2. The smallest absolute Gasteiger partial charge is 0.338 e. The number of carbonyl (C=O) groups is 1. The molecule has 26 heavy (non-hydrogen) atoms. The molecule has 4 rings (SSSR count). The maximum absolute atomic E-state index is 12.3. The second kappa shape index (κ2) is 6.55. The first-order chi connectivity index (χ1) is 12.6. The highest BCUT2D eigenvalue weighted by molar-refractivity contribution is 5.90. The highest BCUT2D eigenvalue weighted by Crippen LogP contribution is 2.32. The molecule has 0 saturated carbocycles. The first-order valence-corrected chi connectivity index (χ1v) is 8.26. The Morgan fingerprint density at radius 2 is 1.92 bits per heavy atom. The summed E-state index contributed by atoms with van der Waals surface area (Å²) in [6, 6.07) is 11.9. The van der Waals surface area contributed by atoms with E-state index in [0.717, 1.165) is 17.4 Å². The highest BCUT2D eigenvalue weighted by Gasteiger charge is 2.17. The zero-order valence-electron chi connectivity index (χ0n) is 14.1. The molecule has 132 valence electrons. The van der Waals surface area contributed by atoms with Gasteiger partial charge in [-0.2, -0.15) is 0 Å². The van der Waals surface area contributed by atoms with Crippen molar-refractivity contribution in [1.82, 2.24) is 0 Å². The van der Waals surface area contributed by atoms with E-state index in [2.05, 4.69) is 0 Å². The standard InChI is InChI=1S/C20H16O6/c1-2-12-3-5-15-14(9-19(21)26-17(15)7-12)10-23-20(22)13-4-6-16-18(8-13)25-11-24-16/h3-9H,2,10-11H2,1H3. The molecular weight excluding hydrogens is 336 g/mol. The van der Waals surface area contributed by atoms with E-state index in [-0.39, 0.29) is 13.4 Å². The summed E-state index contributed by atoms with van der Waals surface area (Å²) in [4.78, 5) is 24.1. The summed E-state index contributed by atoms with van der Waals surface area (Å²) in [5.74, 6) is 0.604. The lowest BCUT2D eigenvalue weighted by atomic mass is 10.1. The summed E-state index contributed by atoms with van der Waals surface area (Å²) in [7, 11) is 0. The monoisotopic (exact) mass is 352 g/mol. The Balaban J connectivity index is 1.57. The zero-order valence-corrected chi connectivity index (χ0v) is 14.1. The Labute approximate surface area is 148 Å². The average Bonchev–Trinajstić information content (AvgIpc) is 3.12. The third-order valence-corrected chi connectivity index (χ3v) is 4.27. The van der Waals surface area contributed by atoms with Crippen LogP contribution < -0.4 is 15.1 Å². The number of fused-ring (bicyclic) bond motifs is 2. The molecule has 0 bridgehead atoms. The SMILES string of the molecule is CCc1ccc2c(COC(=O)c3ccc4c(c3)OCO4)cc(=O)oc2c1. The van der Waals surface area contributed by atoms with Gasteiger partial charge >= 0.3 is 11.6 Å². The Bertz CT molecular complexity index is 1050. The van der Waals surface area contributed by atoms with Crippen LogP contribution in [0.15, 0.2) is 51.7 Å². The molecule has 0 atom stereocenters. The van der Waals surface area contributed by atoms with Crippen LogP contribution in [0.3, 0.4) is 0 Å². The highest BCUT2D eigenvalue weighted by atomic mass is 16.7. The van der Waals surface area contributed by atoms with E-state index in [4.69, 9.17) is 18.6 Å². The molecule has 6 nitrogen and oxygen atoms in total. The zero-order chi connectivity index (χ0) is 18.1. The van der Waals surface area contributed by atoms with Crippen LogP contribution in [-0.2, 0) is 17.8 Å². The quantitative estimate of drug-likeness (QED) is 0.529. The largest absolute Gasteiger partial charge is 0.457 e. The van der Waals surface area contributed by atoms with Crippen molar-refractivity contribution in [2.45, 2.75) is 20.0 Å². The molecule has 1 aliphatic rings. The van der Waals surface area contributed by atoms with Gasteiger partial charge in [0.2, 0.25) is 6.79 Å². The lowest BCUT2D eigenvalue weighted by Crippen LogP contribution is -2.08. The van der Waals surface area contributed by atoms with Crippen molar-refractivity contribution < 1.29 is 23.4 Å². The molecule has 1 aromatic heterocycles. The Kier molecular flexibility index (Phi) is 4.08. The van der Waals surface area contributed by atoms with Gasteiger partial charge in [-0.3, -0.25) is 0 Å². The molecule has 3 aromatic rings. The number of hydrogen-bond donors (Lipinski definition) is 0. The Morgan fingerprint density at radius 3 is 2.77 bits per heavy atom. The Morgan fingerprint density at radius 1 is 1.08 bits per heavy atom. The van der Waals surface area contributed by atoms with Crippen LogP contribution in [0.2, 0.25) is 0 Å².